The molecule has 0 radical (unpaired) electrons. The minimum absolute atomic E-state index is 0.0240. The number of H-pyrrole nitrogens is 2. The number of rotatable bonds is 10. The highest BCUT2D eigenvalue weighted by atomic mass is 35.5. The molecule has 1 aromatic carbocycles. The topological polar surface area (TPSA) is 113 Å². The summed E-state index contributed by atoms with van der Waals surface area (Å²) in [4.78, 5) is 62.7. The van der Waals surface area contributed by atoms with Gasteiger partial charge in [0.05, 0.1) is 16.5 Å². The standard InChI is InChI=1S/C30H42Cl2N6O4/c1-35(2)28(41)30(38-12-5-4-6-13-38)10-15-37(16-11-30)14-9-22(21-7-8-24(31)25(32)17-21)20-36(3)27(40)19-23-18-26(39)34-29(42)33-23/h7-8,17-18,22H,4-6,9-16,19-20H2,1-3H3,(H2,33,34,39,42). The number of amides is 2. The van der Waals surface area contributed by atoms with Gasteiger partial charge in [0, 0.05) is 58.5 Å². The molecule has 2 aromatic rings. The molecule has 3 heterocycles. The Hall–Kier alpha value is -2.66. The average molecular weight is 622 g/mol. The first-order valence-electron chi connectivity index (χ1n) is 14.7. The summed E-state index contributed by atoms with van der Waals surface area (Å²) < 4.78 is 0. The Balaban J connectivity index is 1.44. The van der Waals surface area contributed by atoms with Crippen LogP contribution < -0.4 is 11.2 Å². The lowest BCUT2D eigenvalue weighted by Gasteiger charge is -2.50. The lowest BCUT2D eigenvalue weighted by molar-refractivity contribution is -0.147. The molecule has 2 aliphatic heterocycles. The number of piperidine rings is 2. The van der Waals surface area contributed by atoms with Gasteiger partial charge in [-0.15, -0.1) is 0 Å². The Morgan fingerprint density at radius 3 is 2.26 bits per heavy atom. The van der Waals surface area contributed by atoms with Crippen LogP contribution >= 0.6 is 23.2 Å². The Bertz CT molecular complexity index is 1330. The van der Waals surface area contributed by atoms with E-state index >= 15 is 0 Å². The van der Waals surface area contributed by atoms with E-state index in [4.69, 9.17) is 23.2 Å². The van der Waals surface area contributed by atoms with E-state index in [0.29, 0.717) is 16.6 Å². The number of halogens is 2. The second-order valence-electron chi connectivity index (χ2n) is 11.8. The zero-order valence-electron chi connectivity index (χ0n) is 24.8. The van der Waals surface area contributed by atoms with Crippen LogP contribution in [0.2, 0.25) is 10.0 Å². The Labute approximate surface area is 257 Å². The van der Waals surface area contributed by atoms with Crippen LogP contribution in [0.3, 0.4) is 0 Å². The van der Waals surface area contributed by atoms with Gasteiger partial charge in [-0.05, 0) is 69.4 Å². The Morgan fingerprint density at radius 1 is 0.952 bits per heavy atom. The monoisotopic (exact) mass is 620 g/mol. The minimum atomic E-state index is -0.639. The van der Waals surface area contributed by atoms with Crippen molar-refractivity contribution in [3.63, 3.8) is 0 Å². The first kappa shape index (κ1) is 32.3. The van der Waals surface area contributed by atoms with E-state index < -0.39 is 16.8 Å². The van der Waals surface area contributed by atoms with Gasteiger partial charge < -0.3 is 19.7 Å². The molecular weight excluding hydrogens is 579 g/mol. The molecule has 0 bridgehead atoms. The molecular formula is C30H42Cl2N6O4. The summed E-state index contributed by atoms with van der Waals surface area (Å²) in [6.45, 7) is 4.84. The lowest BCUT2D eigenvalue weighted by atomic mass is 9.82. The van der Waals surface area contributed by atoms with Crippen molar-refractivity contribution in [1.29, 1.82) is 0 Å². The summed E-state index contributed by atoms with van der Waals surface area (Å²) >= 11 is 12.6. The molecule has 2 amide bonds. The molecule has 42 heavy (non-hydrogen) atoms. The molecule has 2 N–H and O–H groups in total. The van der Waals surface area contributed by atoms with Gasteiger partial charge in [0.15, 0.2) is 0 Å². The number of hydrogen-bond donors (Lipinski definition) is 2. The van der Waals surface area contributed by atoms with Crippen molar-refractivity contribution < 1.29 is 9.59 Å². The molecule has 1 aromatic heterocycles. The van der Waals surface area contributed by atoms with Crippen LogP contribution in [0.15, 0.2) is 33.9 Å². The molecule has 1 unspecified atom stereocenters. The zero-order valence-corrected chi connectivity index (χ0v) is 26.3. The summed E-state index contributed by atoms with van der Waals surface area (Å²) in [5, 5.41) is 0.929. The van der Waals surface area contributed by atoms with E-state index in [-0.39, 0.29) is 29.8 Å². The number of nitrogens with one attached hydrogen (secondary N) is 2. The van der Waals surface area contributed by atoms with Gasteiger partial charge in [-0.3, -0.25) is 24.3 Å². The minimum Gasteiger partial charge on any atom is -0.347 e. The fourth-order valence-corrected chi connectivity index (χ4v) is 6.67. The maximum atomic E-state index is 13.5. The van der Waals surface area contributed by atoms with Crippen molar-refractivity contribution in [2.45, 2.75) is 56.4 Å². The molecule has 2 saturated heterocycles. The molecule has 12 heteroatoms. The van der Waals surface area contributed by atoms with Crippen LogP contribution in [-0.4, -0.2) is 107 Å². The van der Waals surface area contributed by atoms with Crippen molar-refractivity contribution in [3.8, 4) is 0 Å². The molecule has 0 aliphatic carbocycles. The number of benzene rings is 1. The van der Waals surface area contributed by atoms with E-state index in [1.807, 2.05) is 26.2 Å². The van der Waals surface area contributed by atoms with E-state index in [1.165, 1.54) is 12.5 Å². The molecule has 2 fully saturated rings. The van der Waals surface area contributed by atoms with E-state index in [0.717, 1.165) is 70.4 Å². The molecule has 2 aliphatic rings. The largest absolute Gasteiger partial charge is 0.347 e. The zero-order chi connectivity index (χ0) is 30.4. The second kappa shape index (κ2) is 14.2. The average Bonchev–Trinajstić information content (AvgIpc) is 2.96. The number of aromatic nitrogens is 2. The summed E-state index contributed by atoms with van der Waals surface area (Å²) in [6, 6.07) is 6.80. The van der Waals surface area contributed by atoms with Gasteiger partial charge in [0.2, 0.25) is 11.8 Å². The molecule has 4 rings (SSSR count). The van der Waals surface area contributed by atoms with Crippen molar-refractivity contribution in [1.82, 2.24) is 29.6 Å². The van der Waals surface area contributed by atoms with Gasteiger partial charge >= 0.3 is 5.69 Å². The molecule has 10 nitrogen and oxygen atoms in total. The third-order valence-corrected chi connectivity index (χ3v) is 9.47. The molecule has 230 valence electrons. The van der Waals surface area contributed by atoms with Crippen LogP contribution in [0.1, 0.15) is 55.7 Å². The quantitative estimate of drug-likeness (QED) is 0.422. The normalized spacial score (nSPS) is 18.4. The predicted molar refractivity (Wildman–Crippen MR) is 165 cm³/mol. The maximum absolute atomic E-state index is 13.5. The van der Waals surface area contributed by atoms with E-state index in [1.54, 1.807) is 22.9 Å². The summed E-state index contributed by atoms with van der Waals surface area (Å²) in [5.74, 6) is -0.0310. The number of carbonyl (C=O) groups excluding carboxylic acids is 2. The number of aromatic amines is 2. The van der Waals surface area contributed by atoms with E-state index in [2.05, 4.69) is 19.8 Å². The van der Waals surface area contributed by atoms with Crippen LogP contribution in [0, 0.1) is 0 Å². The number of carbonyl (C=O) groups is 2. The predicted octanol–water partition coefficient (Wildman–Crippen LogP) is 2.95. The summed E-state index contributed by atoms with van der Waals surface area (Å²) in [7, 11) is 5.43. The first-order chi connectivity index (χ1) is 20.0. The van der Waals surface area contributed by atoms with Gasteiger partial charge in [0.25, 0.3) is 5.56 Å². The SMILES string of the molecule is CN(C)C(=O)C1(N2CCCCC2)CCN(CCC(CN(C)C(=O)Cc2cc(=O)[nH]c(=O)[nH]2)c2ccc(Cl)c(Cl)c2)CC1. The smallest absolute Gasteiger partial charge is 0.325 e. The number of hydrogen-bond acceptors (Lipinski definition) is 6. The highest BCUT2D eigenvalue weighted by molar-refractivity contribution is 6.42. The molecule has 0 saturated carbocycles. The van der Waals surface area contributed by atoms with Crippen molar-refractivity contribution in [2.24, 2.45) is 0 Å². The maximum Gasteiger partial charge on any atom is 0.325 e. The first-order valence-corrected chi connectivity index (χ1v) is 15.4. The van der Waals surface area contributed by atoms with Crippen LogP contribution in [0.25, 0.3) is 0 Å². The van der Waals surface area contributed by atoms with Gasteiger partial charge in [-0.1, -0.05) is 35.7 Å². The van der Waals surface area contributed by atoms with Gasteiger partial charge in [-0.2, -0.15) is 0 Å². The van der Waals surface area contributed by atoms with E-state index in [9.17, 15) is 19.2 Å². The fourth-order valence-electron chi connectivity index (χ4n) is 6.36. The number of likely N-dealkylation sites (N-methyl/N-ethyl adjacent to an activating group) is 2. The third-order valence-electron chi connectivity index (χ3n) is 8.74. The highest BCUT2D eigenvalue weighted by Gasteiger charge is 2.47. The highest BCUT2D eigenvalue weighted by Crippen LogP contribution is 2.34. The summed E-state index contributed by atoms with van der Waals surface area (Å²) in [6.07, 6.45) is 5.79. The van der Waals surface area contributed by atoms with Crippen LogP contribution in [-0.2, 0) is 16.0 Å². The van der Waals surface area contributed by atoms with Gasteiger partial charge in [0.1, 0.15) is 5.54 Å². The summed E-state index contributed by atoms with van der Waals surface area (Å²) in [5.41, 5.74) is -0.368. The lowest BCUT2D eigenvalue weighted by Crippen LogP contribution is -2.64. The van der Waals surface area contributed by atoms with Crippen molar-refractivity contribution in [2.75, 3.05) is 60.4 Å². The number of nitrogens with zero attached hydrogens (tertiary/aromatic N) is 4. The molecule has 0 spiro atoms. The number of likely N-dealkylation sites (tertiary alicyclic amines) is 2. The van der Waals surface area contributed by atoms with Crippen LogP contribution in [0.5, 0.6) is 0 Å². The van der Waals surface area contributed by atoms with Crippen molar-refractivity contribution in [3.05, 3.63) is 66.4 Å². The fraction of sp³-hybridized carbons (Fsp3) is 0.600. The Morgan fingerprint density at radius 2 is 1.64 bits per heavy atom. The van der Waals surface area contributed by atoms with Crippen LogP contribution in [0.4, 0.5) is 0 Å². The van der Waals surface area contributed by atoms with Gasteiger partial charge in [-0.25, -0.2) is 4.79 Å². The third kappa shape index (κ3) is 7.83. The Kier molecular flexibility index (Phi) is 10.9. The molecule has 1 atom stereocenters. The van der Waals surface area contributed by atoms with Crippen molar-refractivity contribution >= 4 is 35.0 Å². The second-order valence-corrected chi connectivity index (χ2v) is 12.7.